The van der Waals surface area contributed by atoms with Gasteiger partial charge >= 0.3 is 6.18 Å². The highest BCUT2D eigenvalue weighted by atomic mass is 35.5. The highest BCUT2D eigenvalue weighted by Gasteiger charge is 2.31. The van der Waals surface area contributed by atoms with Crippen LogP contribution in [0.2, 0.25) is 5.02 Å². The molecule has 1 N–H and O–H groups in total. The minimum Gasteiger partial charge on any atom is -0.469 e. The van der Waals surface area contributed by atoms with Gasteiger partial charge in [0.2, 0.25) is 5.91 Å². The van der Waals surface area contributed by atoms with Crippen molar-refractivity contribution < 1.29 is 22.4 Å². The molecular formula is C18H16ClF3N4O2S. The fourth-order valence-corrected chi connectivity index (χ4v) is 3.49. The average Bonchev–Trinajstić information content (AvgIpc) is 3.21. The molecule has 3 rings (SSSR count). The van der Waals surface area contributed by atoms with Crippen molar-refractivity contribution in [2.24, 2.45) is 7.05 Å². The molecule has 6 nitrogen and oxygen atoms in total. The van der Waals surface area contributed by atoms with Crippen molar-refractivity contribution >= 4 is 35.0 Å². The lowest BCUT2D eigenvalue weighted by atomic mass is 10.2. The second kappa shape index (κ2) is 8.11. The lowest BCUT2D eigenvalue weighted by molar-refractivity contribution is -0.137. The summed E-state index contributed by atoms with van der Waals surface area (Å²) in [5.41, 5.74) is -0.225. The Balaban J connectivity index is 1.74. The molecule has 2 heterocycles. The average molecular weight is 445 g/mol. The fraction of sp³-hybridized carbons (Fsp3) is 0.278. The zero-order valence-electron chi connectivity index (χ0n) is 15.5. The van der Waals surface area contributed by atoms with Crippen LogP contribution in [0.15, 0.2) is 40.1 Å². The van der Waals surface area contributed by atoms with Gasteiger partial charge in [-0.25, -0.2) is 0 Å². The van der Waals surface area contributed by atoms with Gasteiger partial charge < -0.3 is 14.3 Å². The number of thioether (sulfide) groups is 1. The lowest BCUT2D eigenvalue weighted by Gasteiger charge is -2.14. The van der Waals surface area contributed by atoms with Gasteiger partial charge in [-0.3, -0.25) is 4.79 Å². The van der Waals surface area contributed by atoms with Crippen LogP contribution in [0.5, 0.6) is 0 Å². The molecule has 0 fully saturated rings. The number of aryl methyl sites for hydroxylation is 1. The molecule has 154 valence electrons. The van der Waals surface area contributed by atoms with Crippen LogP contribution in [-0.4, -0.2) is 25.9 Å². The number of carbonyl (C=O) groups is 1. The number of halogens is 4. The maximum Gasteiger partial charge on any atom is 0.416 e. The van der Waals surface area contributed by atoms with Gasteiger partial charge in [0.25, 0.3) is 0 Å². The van der Waals surface area contributed by atoms with Crippen LogP contribution in [0.3, 0.4) is 0 Å². The molecule has 3 aromatic rings. The molecule has 0 aliphatic heterocycles. The number of rotatable bonds is 5. The van der Waals surface area contributed by atoms with E-state index >= 15 is 0 Å². The normalized spacial score (nSPS) is 12.8. The van der Waals surface area contributed by atoms with Crippen molar-refractivity contribution in [1.29, 1.82) is 0 Å². The first-order chi connectivity index (χ1) is 13.6. The van der Waals surface area contributed by atoms with Crippen LogP contribution in [-0.2, 0) is 18.0 Å². The number of nitrogens with zero attached hydrogens (tertiary/aromatic N) is 3. The molecule has 0 bridgehead atoms. The van der Waals surface area contributed by atoms with Crippen LogP contribution in [0.1, 0.15) is 18.2 Å². The molecule has 1 unspecified atom stereocenters. The number of hydrogen-bond donors (Lipinski definition) is 1. The van der Waals surface area contributed by atoms with Crippen LogP contribution < -0.4 is 5.32 Å². The summed E-state index contributed by atoms with van der Waals surface area (Å²) < 4.78 is 45.7. The number of nitrogens with one attached hydrogen (secondary N) is 1. The monoisotopic (exact) mass is 444 g/mol. The van der Waals surface area contributed by atoms with Gasteiger partial charge in [0.05, 0.1) is 33.4 Å². The molecule has 0 aliphatic carbocycles. The predicted molar refractivity (Wildman–Crippen MR) is 104 cm³/mol. The molecule has 0 aliphatic rings. The summed E-state index contributed by atoms with van der Waals surface area (Å²) >= 11 is 7.05. The van der Waals surface area contributed by atoms with E-state index in [1.807, 2.05) is 0 Å². The van der Waals surface area contributed by atoms with E-state index in [9.17, 15) is 18.0 Å². The summed E-state index contributed by atoms with van der Waals surface area (Å²) in [5, 5.41) is 10.5. The number of anilines is 1. The van der Waals surface area contributed by atoms with Crippen LogP contribution in [0.4, 0.5) is 18.9 Å². The SMILES string of the molecule is Cc1occc1-c1nnc(SC(C)C(=O)Nc2cc(C(F)(F)F)ccc2Cl)n1C. The zero-order chi connectivity index (χ0) is 21.3. The third-order valence-electron chi connectivity index (χ3n) is 4.14. The van der Waals surface area contributed by atoms with Crippen molar-refractivity contribution in [3.05, 3.63) is 46.9 Å². The molecular weight excluding hydrogens is 429 g/mol. The van der Waals surface area contributed by atoms with E-state index in [-0.39, 0.29) is 10.7 Å². The minimum absolute atomic E-state index is 0.0138. The summed E-state index contributed by atoms with van der Waals surface area (Å²) in [5.74, 6) is 0.745. The molecule has 1 aromatic carbocycles. The molecule has 29 heavy (non-hydrogen) atoms. The predicted octanol–water partition coefficient (Wildman–Crippen LogP) is 5.18. The maximum atomic E-state index is 12.9. The minimum atomic E-state index is -4.54. The molecule has 0 saturated heterocycles. The largest absolute Gasteiger partial charge is 0.469 e. The number of amides is 1. The number of hydrogen-bond acceptors (Lipinski definition) is 5. The van der Waals surface area contributed by atoms with Gasteiger partial charge in [-0.15, -0.1) is 10.2 Å². The van der Waals surface area contributed by atoms with E-state index in [1.165, 1.54) is 0 Å². The van der Waals surface area contributed by atoms with Gasteiger partial charge in [-0.1, -0.05) is 23.4 Å². The standard InChI is InChI=1S/C18H16ClF3N4O2S/c1-9-12(6-7-28-9)15-24-25-17(26(15)3)29-10(2)16(27)23-14-8-11(18(20,21)22)4-5-13(14)19/h4-8,10H,1-3H3,(H,23,27). The first kappa shape index (κ1) is 21.3. The second-order valence-electron chi connectivity index (χ2n) is 6.20. The summed E-state index contributed by atoms with van der Waals surface area (Å²) in [6, 6.07) is 4.52. The Morgan fingerprint density at radius 2 is 2.03 bits per heavy atom. The highest BCUT2D eigenvalue weighted by Crippen LogP contribution is 2.34. The van der Waals surface area contributed by atoms with Gasteiger partial charge in [0, 0.05) is 7.05 Å². The van der Waals surface area contributed by atoms with Crippen LogP contribution >= 0.6 is 23.4 Å². The van der Waals surface area contributed by atoms with E-state index in [0.717, 1.165) is 35.5 Å². The van der Waals surface area contributed by atoms with E-state index in [2.05, 4.69) is 15.5 Å². The van der Waals surface area contributed by atoms with Gasteiger partial charge in [0.15, 0.2) is 11.0 Å². The molecule has 11 heteroatoms. The third-order valence-corrected chi connectivity index (χ3v) is 5.60. The van der Waals surface area contributed by atoms with Gasteiger partial charge in [-0.05, 0) is 38.1 Å². The van der Waals surface area contributed by atoms with E-state index < -0.39 is 22.9 Å². The Morgan fingerprint density at radius 3 is 2.66 bits per heavy atom. The fourth-order valence-electron chi connectivity index (χ4n) is 2.51. The Bertz CT molecular complexity index is 1050. The number of benzene rings is 1. The zero-order valence-corrected chi connectivity index (χ0v) is 17.1. The van der Waals surface area contributed by atoms with Crippen molar-refractivity contribution in [2.75, 3.05) is 5.32 Å². The van der Waals surface area contributed by atoms with E-state index in [0.29, 0.717) is 16.7 Å². The summed E-state index contributed by atoms with van der Waals surface area (Å²) in [7, 11) is 1.75. The molecule has 2 aromatic heterocycles. The summed E-state index contributed by atoms with van der Waals surface area (Å²) in [6.45, 7) is 3.41. The number of alkyl halides is 3. The van der Waals surface area contributed by atoms with Gasteiger partial charge in [-0.2, -0.15) is 13.2 Å². The number of carbonyl (C=O) groups excluding carboxylic acids is 1. The third kappa shape index (κ3) is 4.59. The van der Waals surface area contributed by atoms with Crippen molar-refractivity contribution in [1.82, 2.24) is 14.8 Å². The molecule has 1 atom stereocenters. The van der Waals surface area contributed by atoms with Crippen molar-refractivity contribution in [3.8, 4) is 11.4 Å². The second-order valence-corrected chi connectivity index (χ2v) is 7.91. The Morgan fingerprint density at radius 1 is 1.31 bits per heavy atom. The molecule has 0 spiro atoms. The Hall–Kier alpha value is -2.46. The Labute approximate surface area is 173 Å². The molecule has 1 amide bonds. The van der Waals surface area contributed by atoms with E-state index in [1.54, 1.807) is 37.8 Å². The van der Waals surface area contributed by atoms with Crippen molar-refractivity contribution in [2.45, 2.75) is 30.4 Å². The maximum absolute atomic E-state index is 12.9. The topological polar surface area (TPSA) is 72.9 Å². The quantitative estimate of drug-likeness (QED) is 0.549. The number of furan rings is 1. The summed E-state index contributed by atoms with van der Waals surface area (Å²) in [4.78, 5) is 12.5. The smallest absolute Gasteiger partial charge is 0.416 e. The van der Waals surface area contributed by atoms with Gasteiger partial charge in [0.1, 0.15) is 5.76 Å². The lowest BCUT2D eigenvalue weighted by Crippen LogP contribution is -2.23. The molecule has 0 saturated carbocycles. The summed E-state index contributed by atoms with van der Waals surface area (Å²) in [6.07, 6.45) is -2.99. The Kier molecular flexibility index (Phi) is 5.95. The first-order valence-electron chi connectivity index (χ1n) is 8.36. The molecule has 0 radical (unpaired) electrons. The number of aromatic nitrogens is 3. The first-order valence-corrected chi connectivity index (χ1v) is 9.62. The highest BCUT2D eigenvalue weighted by molar-refractivity contribution is 8.00. The van der Waals surface area contributed by atoms with E-state index in [4.69, 9.17) is 16.0 Å². The van der Waals surface area contributed by atoms with Crippen LogP contribution in [0, 0.1) is 6.92 Å². The van der Waals surface area contributed by atoms with Crippen molar-refractivity contribution in [3.63, 3.8) is 0 Å². The van der Waals surface area contributed by atoms with Crippen LogP contribution in [0.25, 0.3) is 11.4 Å².